The first-order valence-electron chi connectivity index (χ1n) is 7.01. The highest BCUT2D eigenvalue weighted by Gasteiger charge is 2.06. The first-order valence-corrected chi connectivity index (χ1v) is 7.39. The van der Waals surface area contributed by atoms with Crippen molar-refractivity contribution in [2.24, 2.45) is 10.7 Å². The number of methoxy groups -OCH3 is 2. The maximum absolute atomic E-state index is 5.91. The van der Waals surface area contributed by atoms with Crippen molar-refractivity contribution in [1.82, 2.24) is 4.98 Å². The molecule has 0 radical (unpaired) electrons. The third-order valence-corrected chi connectivity index (χ3v) is 3.36. The van der Waals surface area contributed by atoms with E-state index in [0.717, 1.165) is 12.0 Å². The van der Waals surface area contributed by atoms with Gasteiger partial charge in [0, 0.05) is 18.8 Å². The van der Waals surface area contributed by atoms with Crippen LogP contribution in [0.15, 0.2) is 41.5 Å². The molecule has 2 rings (SSSR count). The Bertz CT molecular complexity index is 674. The Kier molecular flexibility index (Phi) is 6.05. The molecule has 7 heteroatoms. The van der Waals surface area contributed by atoms with Gasteiger partial charge < -0.3 is 20.5 Å². The molecule has 2 aromatic rings. The minimum absolute atomic E-state index is 0.304. The molecule has 0 amide bonds. The van der Waals surface area contributed by atoms with Gasteiger partial charge in [-0.15, -0.1) is 0 Å². The molecule has 0 atom stereocenters. The van der Waals surface area contributed by atoms with Gasteiger partial charge in [-0.3, -0.25) is 4.99 Å². The topological polar surface area (TPSA) is 81.8 Å². The average molecular weight is 335 g/mol. The number of anilines is 1. The molecule has 3 N–H and O–H groups in total. The normalized spacial score (nSPS) is 11.2. The van der Waals surface area contributed by atoms with Gasteiger partial charge in [0.05, 0.1) is 19.9 Å². The number of nitrogens with one attached hydrogen (secondary N) is 1. The van der Waals surface area contributed by atoms with Crippen LogP contribution in [0.1, 0.15) is 5.56 Å². The predicted octanol–water partition coefficient (Wildman–Crippen LogP) is 2.72. The van der Waals surface area contributed by atoms with Crippen LogP contribution in [-0.2, 0) is 6.42 Å². The van der Waals surface area contributed by atoms with Crippen molar-refractivity contribution in [2.75, 3.05) is 26.1 Å². The number of ether oxygens (including phenoxy) is 2. The van der Waals surface area contributed by atoms with Crippen LogP contribution in [0.4, 0.5) is 5.69 Å². The van der Waals surface area contributed by atoms with Crippen LogP contribution in [-0.4, -0.2) is 31.7 Å². The average Bonchev–Trinajstić information content (AvgIpc) is 2.56. The van der Waals surface area contributed by atoms with E-state index < -0.39 is 0 Å². The fourth-order valence-corrected chi connectivity index (χ4v) is 2.06. The fourth-order valence-electron chi connectivity index (χ4n) is 1.95. The lowest BCUT2D eigenvalue weighted by molar-refractivity contribution is 0.405. The number of pyridine rings is 1. The molecule has 6 nitrogen and oxygen atoms in total. The molecule has 122 valence electrons. The SMILES string of the molecule is COc1ccc(OC)c(NC(N)=NCCc2ccc(Cl)nc2)c1. The Morgan fingerprint density at radius 3 is 2.74 bits per heavy atom. The zero-order valence-corrected chi connectivity index (χ0v) is 13.8. The van der Waals surface area contributed by atoms with E-state index in [9.17, 15) is 0 Å². The maximum Gasteiger partial charge on any atom is 0.193 e. The van der Waals surface area contributed by atoms with Crippen LogP contribution in [0.5, 0.6) is 11.5 Å². The first-order chi connectivity index (χ1) is 11.1. The third-order valence-electron chi connectivity index (χ3n) is 3.14. The summed E-state index contributed by atoms with van der Waals surface area (Å²) in [6.45, 7) is 0.536. The van der Waals surface area contributed by atoms with Crippen molar-refractivity contribution < 1.29 is 9.47 Å². The third kappa shape index (κ3) is 5.03. The number of benzene rings is 1. The standard InChI is InChI=1S/C16H19ClN4O2/c1-22-12-4-5-14(23-2)13(9-12)21-16(18)19-8-7-11-3-6-15(17)20-10-11/h3-6,9-10H,7-8H2,1-2H3,(H3,18,19,21). The minimum atomic E-state index is 0.304. The Labute approximate surface area is 140 Å². The van der Waals surface area contributed by atoms with Gasteiger partial charge >= 0.3 is 0 Å². The van der Waals surface area contributed by atoms with Crippen molar-refractivity contribution in [3.63, 3.8) is 0 Å². The van der Waals surface area contributed by atoms with Crippen LogP contribution in [0.25, 0.3) is 0 Å². The minimum Gasteiger partial charge on any atom is -0.497 e. The summed E-state index contributed by atoms with van der Waals surface area (Å²) in [5.41, 5.74) is 7.66. The molecule has 23 heavy (non-hydrogen) atoms. The zero-order valence-electron chi connectivity index (χ0n) is 13.0. The number of nitrogens with zero attached hydrogens (tertiary/aromatic N) is 2. The monoisotopic (exact) mass is 334 g/mol. The van der Waals surface area contributed by atoms with Gasteiger partial charge in [-0.05, 0) is 30.2 Å². The lowest BCUT2D eigenvalue weighted by Gasteiger charge is -2.12. The van der Waals surface area contributed by atoms with Crippen LogP contribution in [0.3, 0.4) is 0 Å². The summed E-state index contributed by atoms with van der Waals surface area (Å²) in [6, 6.07) is 9.08. The molecule has 0 aliphatic carbocycles. The van der Waals surface area contributed by atoms with Gasteiger partial charge in [-0.2, -0.15) is 0 Å². The van der Waals surface area contributed by atoms with E-state index in [1.807, 2.05) is 12.1 Å². The summed E-state index contributed by atoms with van der Waals surface area (Å²) in [7, 11) is 3.19. The fraction of sp³-hybridized carbons (Fsp3) is 0.250. The Balaban J connectivity index is 1.97. The van der Waals surface area contributed by atoms with Crippen molar-refractivity contribution in [3.8, 4) is 11.5 Å². The highest BCUT2D eigenvalue weighted by atomic mass is 35.5. The first kappa shape index (κ1) is 16.9. The van der Waals surface area contributed by atoms with Gasteiger partial charge in [-0.1, -0.05) is 17.7 Å². The molecular formula is C16H19ClN4O2. The summed E-state index contributed by atoms with van der Waals surface area (Å²) in [5.74, 6) is 1.66. The van der Waals surface area contributed by atoms with E-state index in [1.54, 1.807) is 38.6 Å². The summed E-state index contributed by atoms with van der Waals surface area (Å²) >= 11 is 5.75. The smallest absolute Gasteiger partial charge is 0.193 e. The summed E-state index contributed by atoms with van der Waals surface area (Å²) in [4.78, 5) is 8.32. The second-order valence-electron chi connectivity index (χ2n) is 4.70. The lowest BCUT2D eigenvalue weighted by Crippen LogP contribution is -2.23. The van der Waals surface area contributed by atoms with Gasteiger partial charge in [0.2, 0.25) is 0 Å². The van der Waals surface area contributed by atoms with Crippen LogP contribution in [0, 0.1) is 0 Å². The number of nitrogens with two attached hydrogens (primary N) is 1. The molecule has 1 aromatic heterocycles. The van der Waals surface area contributed by atoms with Gasteiger partial charge in [0.1, 0.15) is 16.7 Å². The lowest BCUT2D eigenvalue weighted by atomic mass is 10.2. The maximum atomic E-state index is 5.91. The number of guanidine groups is 1. The summed E-state index contributed by atoms with van der Waals surface area (Å²) in [5, 5.41) is 3.49. The molecule has 0 saturated heterocycles. The number of aliphatic imine (C=N–C) groups is 1. The molecule has 0 aliphatic rings. The highest BCUT2D eigenvalue weighted by Crippen LogP contribution is 2.28. The second-order valence-corrected chi connectivity index (χ2v) is 5.08. The quantitative estimate of drug-likeness (QED) is 0.482. The Morgan fingerprint density at radius 1 is 1.26 bits per heavy atom. The Morgan fingerprint density at radius 2 is 2.09 bits per heavy atom. The second kappa shape index (κ2) is 8.24. The van der Waals surface area contributed by atoms with Crippen LogP contribution in [0.2, 0.25) is 5.15 Å². The summed E-state index contributed by atoms with van der Waals surface area (Å²) in [6.07, 6.45) is 2.45. The van der Waals surface area contributed by atoms with Crippen molar-refractivity contribution >= 4 is 23.2 Å². The number of rotatable bonds is 6. The molecule has 0 bridgehead atoms. The van der Waals surface area contributed by atoms with Gasteiger partial charge in [0.25, 0.3) is 0 Å². The number of hydrogen-bond acceptors (Lipinski definition) is 4. The number of hydrogen-bond donors (Lipinski definition) is 2. The van der Waals surface area contributed by atoms with E-state index in [-0.39, 0.29) is 0 Å². The molecule has 0 fully saturated rings. The van der Waals surface area contributed by atoms with Crippen molar-refractivity contribution in [2.45, 2.75) is 6.42 Å². The predicted molar refractivity (Wildman–Crippen MR) is 92.6 cm³/mol. The molecule has 0 saturated carbocycles. The van der Waals surface area contributed by atoms with Crippen molar-refractivity contribution in [3.05, 3.63) is 47.2 Å². The van der Waals surface area contributed by atoms with Crippen LogP contribution >= 0.6 is 11.6 Å². The van der Waals surface area contributed by atoms with Crippen molar-refractivity contribution in [1.29, 1.82) is 0 Å². The number of aromatic nitrogens is 1. The molecule has 0 aliphatic heterocycles. The van der Waals surface area contributed by atoms with E-state index in [4.69, 9.17) is 26.8 Å². The van der Waals surface area contributed by atoms with E-state index >= 15 is 0 Å². The van der Waals surface area contributed by atoms with Gasteiger partial charge in [0.15, 0.2) is 5.96 Å². The summed E-state index contributed by atoms with van der Waals surface area (Å²) < 4.78 is 10.5. The number of halogens is 1. The van der Waals surface area contributed by atoms with Crippen LogP contribution < -0.4 is 20.5 Å². The van der Waals surface area contributed by atoms with Gasteiger partial charge in [-0.25, -0.2) is 4.98 Å². The zero-order chi connectivity index (χ0) is 16.7. The largest absolute Gasteiger partial charge is 0.497 e. The molecular weight excluding hydrogens is 316 g/mol. The van der Waals surface area contributed by atoms with E-state index in [2.05, 4.69) is 15.3 Å². The molecule has 0 spiro atoms. The van der Waals surface area contributed by atoms with E-state index in [0.29, 0.717) is 34.8 Å². The highest BCUT2D eigenvalue weighted by molar-refractivity contribution is 6.29. The van der Waals surface area contributed by atoms with E-state index in [1.165, 1.54) is 0 Å². The Hall–Kier alpha value is -2.47. The molecule has 0 unspecified atom stereocenters. The molecule has 1 heterocycles. The molecule has 1 aromatic carbocycles.